The van der Waals surface area contributed by atoms with Crippen LogP contribution in [0, 0.1) is 12.8 Å². The fourth-order valence-electron chi connectivity index (χ4n) is 2.81. The Hall–Kier alpha value is -1.49. The Balaban J connectivity index is 1.95. The van der Waals surface area contributed by atoms with Gasteiger partial charge in [0.15, 0.2) is 11.5 Å². The zero-order valence-electron chi connectivity index (χ0n) is 10.7. The fraction of sp³-hybridized carbons (Fsp3) is 0.615. The fourth-order valence-corrected chi connectivity index (χ4v) is 2.81. The average Bonchev–Trinajstić information content (AvgIpc) is 2.82. The topological polar surface area (TPSA) is 69.1 Å². The molecule has 3 rings (SSSR count). The van der Waals surface area contributed by atoms with Crippen molar-refractivity contribution in [3.05, 3.63) is 23.7 Å². The molecular formula is C13H19N5. The Morgan fingerprint density at radius 2 is 2.00 bits per heavy atom. The summed E-state index contributed by atoms with van der Waals surface area (Å²) in [4.78, 5) is 0. The van der Waals surface area contributed by atoms with Crippen molar-refractivity contribution in [1.82, 2.24) is 19.8 Å². The van der Waals surface area contributed by atoms with Gasteiger partial charge in [0.1, 0.15) is 0 Å². The molecule has 1 aliphatic rings. The molecule has 1 atom stereocenters. The van der Waals surface area contributed by atoms with E-state index in [1.807, 2.05) is 19.1 Å². The molecular weight excluding hydrogens is 226 g/mol. The van der Waals surface area contributed by atoms with Crippen molar-refractivity contribution in [2.75, 3.05) is 0 Å². The summed E-state index contributed by atoms with van der Waals surface area (Å²) in [6.07, 6.45) is 6.29. The molecule has 0 aliphatic heterocycles. The quantitative estimate of drug-likeness (QED) is 0.878. The van der Waals surface area contributed by atoms with Gasteiger partial charge < -0.3 is 5.73 Å². The summed E-state index contributed by atoms with van der Waals surface area (Å²) in [5, 5.41) is 12.8. The van der Waals surface area contributed by atoms with E-state index >= 15 is 0 Å². The molecule has 2 aromatic heterocycles. The molecule has 0 amide bonds. The van der Waals surface area contributed by atoms with E-state index in [-0.39, 0.29) is 6.04 Å². The second-order valence-electron chi connectivity index (χ2n) is 5.23. The van der Waals surface area contributed by atoms with Crippen molar-refractivity contribution in [1.29, 1.82) is 0 Å². The van der Waals surface area contributed by atoms with Crippen LogP contribution in [-0.2, 0) is 0 Å². The van der Waals surface area contributed by atoms with E-state index in [0.29, 0.717) is 5.92 Å². The smallest absolute Gasteiger partial charge is 0.177 e. The Morgan fingerprint density at radius 1 is 1.22 bits per heavy atom. The SMILES string of the molecule is Cc1ccc2nnc(C(N)C3CCCCC3)n2n1. The minimum atomic E-state index is -0.0467. The van der Waals surface area contributed by atoms with Crippen LogP contribution in [0.15, 0.2) is 12.1 Å². The van der Waals surface area contributed by atoms with Crippen molar-refractivity contribution in [3.8, 4) is 0 Å². The predicted molar refractivity (Wildman–Crippen MR) is 69.0 cm³/mol. The first-order valence-electron chi connectivity index (χ1n) is 6.70. The van der Waals surface area contributed by atoms with E-state index in [1.165, 1.54) is 32.1 Å². The number of nitrogens with two attached hydrogens (primary N) is 1. The van der Waals surface area contributed by atoms with Gasteiger partial charge in [-0.15, -0.1) is 10.2 Å². The lowest BCUT2D eigenvalue weighted by Crippen LogP contribution is -2.26. The predicted octanol–water partition coefficient (Wildman–Crippen LogP) is 2.01. The minimum Gasteiger partial charge on any atom is -0.321 e. The minimum absolute atomic E-state index is 0.0467. The van der Waals surface area contributed by atoms with Crippen LogP contribution in [0.25, 0.3) is 5.65 Å². The van der Waals surface area contributed by atoms with Gasteiger partial charge in [0.05, 0.1) is 11.7 Å². The molecule has 0 aromatic carbocycles. The Bertz CT molecular complexity index is 541. The van der Waals surface area contributed by atoms with Crippen molar-refractivity contribution in [3.63, 3.8) is 0 Å². The highest BCUT2D eigenvalue weighted by Crippen LogP contribution is 2.32. The van der Waals surface area contributed by atoms with Gasteiger partial charge >= 0.3 is 0 Å². The first-order chi connectivity index (χ1) is 8.75. The first kappa shape index (κ1) is 11.6. The molecule has 2 N–H and O–H groups in total. The summed E-state index contributed by atoms with van der Waals surface area (Å²) < 4.78 is 1.80. The summed E-state index contributed by atoms with van der Waals surface area (Å²) in [5.74, 6) is 1.33. The molecule has 2 aromatic rings. The number of hydrogen-bond acceptors (Lipinski definition) is 4. The van der Waals surface area contributed by atoms with Crippen LogP contribution >= 0.6 is 0 Å². The first-order valence-corrected chi connectivity index (χ1v) is 6.70. The van der Waals surface area contributed by atoms with Crippen molar-refractivity contribution in [2.45, 2.75) is 45.1 Å². The molecule has 0 bridgehead atoms. The van der Waals surface area contributed by atoms with Gasteiger partial charge in [0.25, 0.3) is 0 Å². The van der Waals surface area contributed by atoms with Gasteiger partial charge in [-0.25, -0.2) is 0 Å². The molecule has 1 unspecified atom stereocenters. The molecule has 5 nitrogen and oxygen atoms in total. The number of fused-ring (bicyclic) bond motifs is 1. The van der Waals surface area contributed by atoms with Gasteiger partial charge in [-0.1, -0.05) is 19.3 Å². The maximum absolute atomic E-state index is 6.37. The molecule has 2 heterocycles. The number of rotatable bonds is 2. The molecule has 96 valence electrons. The molecule has 0 radical (unpaired) electrons. The van der Waals surface area contributed by atoms with Gasteiger partial charge in [-0.05, 0) is 37.8 Å². The highest BCUT2D eigenvalue weighted by atomic mass is 15.4. The Kier molecular flexibility index (Phi) is 2.99. The van der Waals surface area contributed by atoms with E-state index in [1.54, 1.807) is 4.52 Å². The van der Waals surface area contributed by atoms with Crippen molar-refractivity contribution in [2.24, 2.45) is 11.7 Å². The largest absolute Gasteiger partial charge is 0.321 e. The van der Waals surface area contributed by atoms with Crippen LogP contribution in [-0.4, -0.2) is 19.8 Å². The average molecular weight is 245 g/mol. The Morgan fingerprint density at radius 3 is 2.78 bits per heavy atom. The van der Waals surface area contributed by atoms with Gasteiger partial charge in [0, 0.05) is 0 Å². The third-order valence-corrected chi connectivity index (χ3v) is 3.88. The molecule has 0 saturated heterocycles. The Labute approximate surface area is 106 Å². The molecule has 1 aliphatic carbocycles. The lowest BCUT2D eigenvalue weighted by atomic mass is 9.84. The van der Waals surface area contributed by atoms with Crippen molar-refractivity contribution >= 4 is 5.65 Å². The molecule has 1 fully saturated rings. The summed E-state index contributed by atoms with van der Waals surface area (Å²) in [6, 6.07) is 3.83. The number of nitrogens with zero attached hydrogens (tertiary/aromatic N) is 4. The second-order valence-corrected chi connectivity index (χ2v) is 5.23. The highest BCUT2D eigenvalue weighted by molar-refractivity contribution is 5.36. The van der Waals surface area contributed by atoms with Gasteiger partial charge in [-0.3, -0.25) is 0 Å². The van der Waals surface area contributed by atoms with Crippen LogP contribution in [0.2, 0.25) is 0 Å². The third kappa shape index (κ3) is 1.99. The van der Waals surface area contributed by atoms with E-state index < -0.39 is 0 Å². The van der Waals surface area contributed by atoms with Crippen LogP contribution in [0.5, 0.6) is 0 Å². The standard InChI is InChI=1S/C13H19N5/c1-9-7-8-11-15-16-13(18(11)17-9)12(14)10-5-3-2-4-6-10/h7-8,10,12H,2-6,14H2,1H3. The summed E-state index contributed by atoms with van der Waals surface area (Å²) in [7, 11) is 0. The van der Waals surface area contributed by atoms with Crippen LogP contribution in [0.1, 0.15) is 49.7 Å². The van der Waals surface area contributed by atoms with Gasteiger partial charge in [-0.2, -0.15) is 9.61 Å². The van der Waals surface area contributed by atoms with E-state index in [4.69, 9.17) is 5.73 Å². The second kappa shape index (κ2) is 4.65. The van der Waals surface area contributed by atoms with Crippen LogP contribution in [0.3, 0.4) is 0 Å². The highest BCUT2D eigenvalue weighted by Gasteiger charge is 2.26. The van der Waals surface area contributed by atoms with Crippen LogP contribution in [0.4, 0.5) is 0 Å². The number of hydrogen-bond donors (Lipinski definition) is 1. The van der Waals surface area contributed by atoms with Crippen molar-refractivity contribution < 1.29 is 0 Å². The maximum Gasteiger partial charge on any atom is 0.177 e. The monoisotopic (exact) mass is 245 g/mol. The van der Waals surface area contributed by atoms with Gasteiger partial charge in [0.2, 0.25) is 0 Å². The zero-order valence-corrected chi connectivity index (χ0v) is 10.7. The normalized spacial score (nSPS) is 19.2. The molecule has 18 heavy (non-hydrogen) atoms. The lowest BCUT2D eigenvalue weighted by Gasteiger charge is -2.26. The third-order valence-electron chi connectivity index (χ3n) is 3.88. The number of aryl methyl sites for hydroxylation is 1. The van der Waals surface area contributed by atoms with E-state index in [0.717, 1.165) is 17.2 Å². The maximum atomic E-state index is 6.37. The summed E-state index contributed by atoms with van der Waals surface area (Å²) in [6.45, 7) is 1.97. The zero-order chi connectivity index (χ0) is 12.5. The summed E-state index contributed by atoms with van der Waals surface area (Å²) in [5.41, 5.74) is 8.10. The van der Waals surface area contributed by atoms with E-state index in [9.17, 15) is 0 Å². The van der Waals surface area contributed by atoms with Crippen LogP contribution < -0.4 is 5.73 Å². The molecule has 5 heteroatoms. The molecule has 1 saturated carbocycles. The molecule has 0 spiro atoms. The summed E-state index contributed by atoms with van der Waals surface area (Å²) >= 11 is 0. The van der Waals surface area contributed by atoms with E-state index in [2.05, 4.69) is 15.3 Å². The lowest BCUT2D eigenvalue weighted by molar-refractivity contribution is 0.298. The number of aromatic nitrogens is 4.